The van der Waals surface area contributed by atoms with Gasteiger partial charge >= 0.3 is 0 Å². The number of piperidine rings is 1. The van der Waals surface area contributed by atoms with Crippen LogP contribution in [0.15, 0.2) is 6.07 Å². The van der Waals surface area contributed by atoms with Crippen molar-refractivity contribution in [2.45, 2.75) is 38.5 Å². The van der Waals surface area contributed by atoms with Gasteiger partial charge in [0.15, 0.2) is 0 Å². The first-order valence-electron chi connectivity index (χ1n) is 7.07. The Labute approximate surface area is 113 Å². The molecule has 1 spiro atoms. The Kier molecular flexibility index (Phi) is 3.18. The van der Waals surface area contributed by atoms with E-state index in [1.165, 1.54) is 38.5 Å². The molecule has 0 atom stereocenters. The van der Waals surface area contributed by atoms with E-state index in [0.717, 1.165) is 18.9 Å². The van der Waals surface area contributed by atoms with E-state index in [1.807, 2.05) is 6.07 Å². The van der Waals surface area contributed by atoms with Gasteiger partial charge in [0.25, 0.3) is 0 Å². The molecule has 1 saturated heterocycles. The maximum Gasteiger partial charge on any atom is 0.223 e. The molecule has 19 heavy (non-hydrogen) atoms. The number of rotatable bonds is 2. The van der Waals surface area contributed by atoms with E-state index in [0.29, 0.717) is 11.2 Å². The highest BCUT2D eigenvalue weighted by molar-refractivity contribution is 5.52. The molecule has 5 N–H and O–H groups in total. The van der Waals surface area contributed by atoms with E-state index < -0.39 is 0 Å². The first kappa shape index (κ1) is 12.5. The standard InChI is InChI=1S/C13H22N6/c14-12-16-10(18-15)9-11(17-12)19-7-5-13(6-8-19)3-1-2-4-13/h9H,1-8,15H2,(H3,14,16,17,18). The second kappa shape index (κ2) is 4.85. The average Bonchev–Trinajstić information content (AvgIpc) is 2.87. The molecule has 0 radical (unpaired) electrons. The third-order valence-corrected chi connectivity index (χ3v) is 4.69. The number of hydrogen-bond donors (Lipinski definition) is 3. The van der Waals surface area contributed by atoms with Crippen molar-refractivity contribution >= 4 is 17.6 Å². The van der Waals surface area contributed by atoms with E-state index in [4.69, 9.17) is 11.6 Å². The zero-order chi connectivity index (χ0) is 13.3. The van der Waals surface area contributed by atoms with Crippen molar-refractivity contribution in [3.05, 3.63) is 6.07 Å². The number of aromatic nitrogens is 2. The van der Waals surface area contributed by atoms with Gasteiger partial charge in [0.1, 0.15) is 11.6 Å². The van der Waals surface area contributed by atoms with Crippen LogP contribution in [-0.4, -0.2) is 23.1 Å². The van der Waals surface area contributed by atoms with Crippen LogP contribution in [0.5, 0.6) is 0 Å². The van der Waals surface area contributed by atoms with E-state index in [9.17, 15) is 0 Å². The van der Waals surface area contributed by atoms with Gasteiger partial charge in [-0.3, -0.25) is 0 Å². The summed E-state index contributed by atoms with van der Waals surface area (Å²) in [5.41, 5.74) is 8.87. The quantitative estimate of drug-likeness (QED) is 0.552. The highest BCUT2D eigenvalue weighted by Gasteiger charge is 2.37. The number of nitrogens with zero attached hydrogens (tertiary/aromatic N) is 3. The van der Waals surface area contributed by atoms with Crippen molar-refractivity contribution in [1.29, 1.82) is 0 Å². The van der Waals surface area contributed by atoms with Gasteiger partial charge in [-0.2, -0.15) is 9.97 Å². The van der Waals surface area contributed by atoms with Gasteiger partial charge in [-0.25, -0.2) is 5.84 Å². The lowest BCUT2D eigenvalue weighted by atomic mass is 9.77. The number of nitrogen functional groups attached to an aromatic ring is 2. The second-order valence-corrected chi connectivity index (χ2v) is 5.81. The second-order valence-electron chi connectivity index (χ2n) is 5.81. The van der Waals surface area contributed by atoms with Gasteiger partial charge in [-0.05, 0) is 31.1 Å². The fourth-order valence-corrected chi connectivity index (χ4v) is 3.52. The van der Waals surface area contributed by atoms with Crippen LogP contribution in [0.3, 0.4) is 0 Å². The number of nitrogens with one attached hydrogen (secondary N) is 1. The monoisotopic (exact) mass is 262 g/mol. The molecule has 1 aliphatic carbocycles. The molecule has 1 saturated carbocycles. The van der Waals surface area contributed by atoms with Crippen molar-refractivity contribution in [2.24, 2.45) is 11.3 Å². The fraction of sp³-hybridized carbons (Fsp3) is 0.692. The summed E-state index contributed by atoms with van der Waals surface area (Å²) >= 11 is 0. The van der Waals surface area contributed by atoms with Crippen LogP contribution in [0.4, 0.5) is 17.6 Å². The molecule has 3 rings (SSSR count). The topological polar surface area (TPSA) is 93.1 Å². The lowest BCUT2D eigenvalue weighted by molar-refractivity contribution is 0.226. The average molecular weight is 262 g/mol. The zero-order valence-electron chi connectivity index (χ0n) is 11.2. The first-order chi connectivity index (χ1) is 9.21. The van der Waals surface area contributed by atoms with Gasteiger partial charge in [-0.1, -0.05) is 12.8 Å². The van der Waals surface area contributed by atoms with E-state index in [-0.39, 0.29) is 5.95 Å². The molecular formula is C13H22N6. The molecule has 0 amide bonds. The molecule has 2 aliphatic rings. The van der Waals surface area contributed by atoms with Crippen LogP contribution in [0.2, 0.25) is 0 Å². The van der Waals surface area contributed by atoms with Gasteiger partial charge in [-0.15, -0.1) is 0 Å². The number of hydrogen-bond acceptors (Lipinski definition) is 6. The zero-order valence-corrected chi connectivity index (χ0v) is 11.2. The minimum absolute atomic E-state index is 0.270. The molecule has 0 bridgehead atoms. The number of hydrazine groups is 1. The maximum absolute atomic E-state index is 5.71. The summed E-state index contributed by atoms with van der Waals surface area (Å²) < 4.78 is 0. The summed E-state index contributed by atoms with van der Waals surface area (Å²) in [6.07, 6.45) is 8.15. The Morgan fingerprint density at radius 2 is 1.79 bits per heavy atom. The lowest BCUT2D eigenvalue weighted by Crippen LogP contribution is -2.39. The summed E-state index contributed by atoms with van der Waals surface area (Å²) in [4.78, 5) is 10.6. The van der Waals surface area contributed by atoms with Crippen molar-refractivity contribution in [3.63, 3.8) is 0 Å². The van der Waals surface area contributed by atoms with Crippen molar-refractivity contribution in [3.8, 4) is 0 Å². The molecule has 6 nitrogen and oxygen atoms in total. The van der Waals surface area contributed by atoms with E-state index >= 15 is 0 Å². The first-order valence-corrected chi connectivity index (χ1v) is 7.07. The molecule has 1 aromatic heterocycles. The summed E-state index contributed by atoms with van der Waals surface area (Å²) in [6.45, 7) is 2.11. The summed E-state index contributed by atoms with van der Waals surface area (Å²) in [5, 5.41) is 0. The Morgan fingerprint density at radius 3 is 2.42 bits per heavy atom. The Bertz CT molecular complexity index is 444. The molecule has 0 unspecified atom stereocenters. The van der Waals surface area contributed by atoms with Gasteiger partial charge in [0.2, 0.25) is 5.95 Å². The SMILES string of the molecule is NNc1cc(N2CCC3(CCCC3)CC2)nc(N)n1. The predicted octanol–water partition coefficient (Wildman–Crippen LogP) is 1.50. The minimum atomic E-state index is 0.270. The van der Waals surface area contributed by atoms with Crippen molar-refractivity contribution in [1.82, 2.24) is 9.97 Å². The maximum atomic E-state index is 5.71. The van der Waals surface area contributed by atoms with Gasteiger partial charge < -0.3 is 16.1 Å². The van der Waals surface area contributed by atoms with Gasteiger partial charge in [0, 0.05) is 19.2 Å². The molecule has 1 aromatic rings. The van der Waals surface area contributed by atoms with Crippen molar-refractivity contribution in [2.75, 3.05) is 29.1 Å². The van der Waals surface area contributed by atoms with Crippen LogP contribution >= 0.6 is 0 Å². The summed E-state index contributed by atoms with van der Waals surface area (Å²) in [6, 6.07) is 1.86. The largest absolute Gasteiger partial charge is 0.368 e. The molecule has 1 aliphatic heterocycles. The number of nitrogens with two attached hydrogens (primary N) is 2. The highest BCUT2D eigenvalue weighted by atomic mass is 15.3. The van der Waals surface area contributed by atoms with Crippen molar-refractivity contribution < 1.29 is 0 Å². The lowest BCUT2D eigenvalue weighted by Gasteiger charge is -2.40. The Morgan fingerprint density at radius 1 is 1.11 bits per heavy atom. The van der Waals surface area contributed by atoms with Crippen LogP contribution in [-0.2, 0) is 0 Å². The fourth-order valence-electron chi connectivity index (χ4n) is 3.52. The highest BCUT2D eigenvalue weighted by Crippen LogP contribution is 2.46. The van der Waals surface area contributed by atoms with E-state index in [2.05, 4.69) is 20.3 Å². The molecule has 104 valence electrons. The number of anilines is 3. The van der Waals surface area contributed by atoms with Gasteiger partial charge in [0.05, 0.1) is 0 Å². The van der Waals surface area contributed by atoms with E-state index in [1.54, 1.807) is 0 Å². The van der Waals surface area contributed by atoms with Crippen LogP contribution in [0.25, 0.3) is 0 Å². The van der Waals surface area contributed by atoms with Crippen LogP contribution in [0, 0.1) is 5.41 Å². The smallest absolute Gasteiger partial charge is 0.223 e. The minimum Gasteiger partial charge on any atom is -0.368 e. The third-order valence-electron chi connectivity index (χ3n) is 4.69. The molecule has 6 heteroatoms. The van der Waals surface area contributed by atoms with Crippen LogP contribution in [0.1, 0.15) is 38.5 Å². The summed E-state index contributed by atoms with van der Waals surface area (Å²) in [5.74, 6) is 7.12. The normalized spacial score (nSPS) is 21.8. The Balaban J connectivity index is 1.72. The molecule has 2 fully saturated rings. The third kappa shape index (κ3) is 2.45. The molecular weight excluding hydrogens is 240 g/mol. The Hall–Kier alpha value is -1.56. The van der Waals surface area contributed by atoms with Crippen LogP contribution < -0.4 is 21.9 Å². The molecule has 0 aromatic carbocycles. The predicted molar refractivity (Wildman–Crippen MR) is 76.6 cm³/mol. The summed E-state index contributed by atoms with van der Waals surface area (Å²) in [7, 11) is 0. The molecule has 2 heterocycles.